The summed E-state index contributed by atoms with van der Waals surface area (Å²) in [6.45, 7) is 4.09. The molecule has 1 unspecified atom stereocenters. The van der Waals surface area contributed by atoms with Gasteiger partial charge in [-0.25, -0.2) is 4.98 Å². The van der Waals surface area contributed by atoms with Crippen molar-refractivity contribution in [2.75, 3.05) is 13.1 Å². The van der Waals surface area contributed by atoms with E-state index in [1.807, 2.05) is 41.9 Å². The van der Waals surface area contributed by atoms with Gasteiger partial charge in [0.05, 0.1) is 5.69 Å². The van der Waals surface area contributed by atoms with Crippen molar-refractivity contribution in [1.82, 2.24) is 14.7 Å². The fraction of sp³-hybridized carbons (Fsp3) is 0.318. The van der Waals surface area contributed by atoms with Gasteiger partial charge in [0.1, 0.15) is 11.4 Å². The molecule has 27 heavy (non-hydrogen) atoms. The maximum Gasteiger partial charge on any atom is 0.224 e. The monoisotopic (exact) mass is 361 g/mol. The van der Waals surface area contributed by atoms with Crippen molar-refractivity contribution < 1.29 is 9.84 Å². The van der Waals surface area contributed by atoms with E-state index in [1.54, 1.807) is 0 Å². The second-order valence-corrected chi connectivity index (χ2v) is 7.46. The molecule has 5 heteroatoms. The number of fused-ring (bicyclic) bond motifs is 2. The molecule has 0 aliphatic carbocycles. The van der Waals surface area contributed by atoms with Crippen LogP contribution < -0.4 is 10.1 Å². The molecule has 0 amide bonds. The lowest BCUT2D eigenvalue weighted by atomic mass is 9.89. The maximum absolute atomic E-state index is 10.6. The van der Waals surface area contributed by atoms with Gasteiger partial charge in [0.2, 0.25) is 6.29 Å². The van der Waals surface area contributed by atoms with Crippen molar-refractivity contribution in [3.05, 3.63) is 65.1 Å². The molecular weight excluding hydrogens is 338 g/mol. The summed E-state index contributed by atoms with van der Waals surface area (Å²) >= 11 is 0. The molecule has 2 aliphatic rings. The molecule has 138 valence electrons. The number of pyridine rings is 1. The third-order valence-corrected chi connectivity index (χ3v) is 5.57. The van der Waals surface area contributed by atoms with Gasteiger partial charge in [-0.3, -0.25) is 0 Å². The molecule has 0 bridgehead atoms. The summed E-state index contributed by atoms with van der Waals surface area (Å²) in [5, 5.41) is 14.0. The van der Waals surface area contributed by atoms with Gasteiger partial charge >= 0.3 is 0 Å². The van der Waals surface area contributed by atoms with Gasteiger partial charge in [-0.2, -0.15) is 0 Å². The minimum Gasteiger partial charge on any atom is -0.460 e. The highest BCUT2D eigenvalue weighted by molar-refractivity contribution is 5.86. The molecule has 1 atom stereocenters. The summed E-state index contributed by atoms with van der Waals surface area (Å²) in [6.07, 6.45) is 7.32. The summed E-state index contributed by atoms with van der Waals surface area (Å²) in [7, 11) is 0. The van der Waals surface area contributed by atoms with Crippen LogP contribution in [0.3, 0.4) is 0 Å². The van der Waals surface area contributed by atoms with Gasteiger partial charge in [0, 0.05) is 29.1 Å². The van der Waals surface area contributed by atoms with Crippen molar-refractivity contribution in [2.45, 2.75) is 32.0 Å². The molecule has 1 fully saturated rings. The first-order valence-corrected chi connectivity index (χ1v) is 9.54. The number of ether oxygens (including phenoxy) is 1. The van der Waals surface area contributed by atoms with Crippen LogP contribution in [0.5, 0.6) is 5.75 Å². The van der Waals surface area contributed by atoms with Crippen LogP contribution in [0.2, 0.25) is 0 Å². The number of aliphatic hydroxyl groups is 1. The van der Waals surface area contributed by atoms with E-state index in [9.17, 15) is 5.11 Å². The van der Waals surface area contributed by atoms with Gasteiger partial charge in [-0.05, 0) is 68.6 Å². The highest BCUT2D eigenvalue weighted by Crippen LogP contribution is 2.37. The van der Waals surface area contributed by atoms with Gasteiger partial charge < -0.3 is 19.6 Å². The van der Waals surface area contributed by atoms with Crippen LogP contribution >= 0.6 is 0 Å². The van der Waals surface area contributed by atoms with Crippen LogP contribution in [0.15, 0.2) is 42.7 Å². The molecule has 5 rings (SSSR count). The Balaban J connectivity index is 1.50. The van der Waals surface area contributed by atoms with Crippen molar-refractivity contribution >= 4 is 17.3 Å². The normalized spacial score (nSPS) is 20.2. The molecule has 2 N–H and O–H groups in total. The van der Waals surface area contributed by atoms with Crippen LogP contribution in [0, 0.1) is 6.92 Å². The number of imidazole rings is 1. The Morgan fingerprint density at radius 3 is 2.85 bits per heavy atom. The van der Waals surface area contributed by atoms with Gasteiger partial charge in [0.15, 0.2) is 0 Å². The van der Waals surface area contributed by atoms with E-state index in [0.29, 0.717) is 5.92 Å². The first-order valence-electron chi connectivity index (χ1n) is 9.54. The Kier molecular flexibility index (Phi) is 3.99. The van der Waals surface area contributed by atoms with E-state index in [0.717, 1.165) is 59.7 Å². The fourth-order valence-corrected chi connectivity index (χ4v) is 4.12. The maximum atomic E-state index is 10.6. The lowest BCUT2D eigenvalue weighted by Gasteiger charge is -2.27. The number of hydrogen-bond donors (Lipinski definition) is 2. The molecule has 1 aromatic carbocycles. The molecule has 4 heterocycles. The number of benzene rings is 1. The lowest BCUT2D eigenvalue weighted by Crippen LogP contribution is -2.27. The average Bonchev–Trinajstić information content (AvgIpc) is 3.07. The number of piperidine rings is 1. The van der Waals surface area contributed by atoms with Crippen molar-refractivity contribution in [1.29, 1.82) is 0 Å². The highest BCUT2D eigenvalue weighted by atomic mass is 16.6. The summed E-state index contributed by atoms with van der Waals surface area (Å²) in [6, 6.07) is 10.4. The number of nitrogens with one attached hydrogen (secondary N) is 1. The molecular formula is C22H23N3O2. The fourth-order valence-electron chi connectivity index (χ4n) is 4.12. The standard InChI is InChI=1S/C22H23N3O2/c1-14-12-25-13-18(4-5-21(25)24-14)19-10-17-3-2-16(11-20(17)27-22(19)26)15-6-8-23-9-7-15/h2-5,10-13,15,22-23,26H,6-9H2,1H3. The Morgan fingerprint density at radius 2 is 2.00 bits per heavy atom. The quantitative estimate of drug-likeness (QED) is 0.735. The average molecular weight is 361 g/mol. The summed E-state index contributed by atoms with van der Waals surface area (Å²) in [4.78, 5) is 4.45. The topological polar surface area (TPSA) is 58.8 Å². The molecule has 2 aromatic heterocycles. The van der Waals surface area contributed by atoms with Crippen LogP contribution in [0.25, 0.3) is 17.3 Å². The molecule has 0 saturated carbocycles. The van der Waals surface area contributed by atoms with Crippen LogP contribution in [-0.2, 0) is 0 Å². The van der Waals surface area contributed by atoms with Crippen LogP contribution in [0.4, 0.5) is 0 Å². The van der Waals surface area contributed by atoms with E-state index in [-0.39, 0.29) is 0 Å². The van der Waals surface area contributed by atoms with E-state index >= 15 is 0 Å². The highest BCUT2D eigenvalue weighted by Gasteiger charge is 2.24. The van der Waals surface area contributed by atoms with E-state index in [1.165, 1.54) is 5.56 Å². The van der Waals surface area contributed by atoms with Gasteiger partial charge in [-0.1, -0.05) is 12.1 Å². The Labute approximate surface area is 158 Å². The van der Waals surface area contributed by atoms with Gasteiger partial charge in [-0.15, -0.1) is 0 Å². The molecule has 0 radical (unpaired) electrons. The number of aryl methyl sites for hydroxylation is 1. The van der Waals surface area contributed by atoms with Crippen LogP contribution in [0.1, 0.15) is 41.1 Å². The number of aromatic nitrogens is 2. The minimum absolute atomic E-state index is 0.564. The predicted molar refractivity (Wildman–Crippen MR) is 106 cm³/mol. The first kappa shape index (κ1) is 16.5. The summed E-state index contributed by atoms with van der Waals surface area (Å²) in [5.41, 5.74) is 5.88. The molecule has 5 nitrogen and oxygen atoms in total. The third-order valence-electron chi connectivity index (χ3n) is 5.57. The third kappa shape index (κ3) is 3.03. The second kappa shape index (κ2) is 6.51. The second-order valence-electron chi connectivity index (χ2n) is 7.46. The zero-order valence-electron chi connectivity index (χ0n) is 15.4. The number of nitrogens with zero attached hydrogens (tertiary/aromatic N) is 2. The number of aliphatic hydroxyl groups excluding tert-OH is 1. The van der Waals surface area contributed by atoms with E-state index < -0.39 is 6.29 Å². The largest absolute Gasteiger partial charge is 0.460 e. The smallest absolute Gasteiger partial charge is 0.224 e. The van der Waals surface area contributed by atoms with Crippen LogP contribution in [-0.4, -0.2) is 33.9 Å². The SMILES string of the molecule is Cc1cn2cc(C3=Cc4ccc(C5CCNCC5)cc4OC3O)ccc2n1. The Bertz CT molecular complexity index is 1030. The molecule has 1 saturated heterocycles. The first-order chi connectivity index (χ1) is 13.2. The molecule has 0 spiro atoms. The van der Waals surface area contributed by atoms with Gasteiger partial charge in [0.25, 0.3) is 0 Å². The number of rotatable bonds is 2. The summed E-state index contributed by atoms with van der Waals surface area (Å²) < 4.78 is 7.87. The van der Waals surface area contributed by atoms with E-state index in [2.05, 4.69) is 28.5 Å². The zero-order chi connectivity index (χ0) is 18.4. The van der Waals surface area contributed by atoms with Crippen molar-refractivity contribution in [3.8, 4) is 5.75 Å². The Hall–Kier alpha value is -2.63. The minimum atomic E-state index is -0.970. The van der Waals surface area contributed by atoms with Crippen molar-refractivity contribution in [3.63, 3.8) is 0 Å². The van der Waals surface area contributed by atoms with Crippen molar-refractivity contribution in [2.24, 2.45) is 0 Å². The predicted octanol–water partition coefficient (Wildman–Crippen LogP) is 3.36. The Morgan fingerprint density at radius 1 is 1.15 bits per heavy atom. The number of hydrogen-bond acceptors (Lipinski definition) is 4. The zero-order valence-corrected chi connectivity index (χ0v) is 15.4. The summed E-state index contributed by atoms with van der Waals surface area (Å²) in [5.74, 6) is 1.33. The lowest BCUT2D eigenvalue weighted by molar-refractivity contribution is 0.0318. The van der Waals surface area contributed by atoms with E-state index in [4.69, 9.17) is 4.74 Å². The molecule has 2 aliphatic heterocycles. The molecule has 3 aromatic rings.